The molecule has 1 saturated carbocycles. The third kappa shape index (κ3) is 3.57. The molecule has 1 aliphatic rings. The van der Waals surface area contributed by atoms with Crippen molar-refractivity contribution in [2.45, 2.75) is 39.7 Å². The van der Waals surface area contributed by atoms with E-state index in [0.29, 0.717) is 11.3 Å². The van der Waals surface area contributed by atoms with Gasteiger partial charge in [0.05, 0.1) is 18.0 Å². The number of hydrogen-bond acceptors (Lipinski definition) is 4. The maximum atomic E-state index is 12.5. The van der Waals surface area contributed by atoms with Gasteiger partial charge in [-0.15, -0.1) is 0 Å². The van der Waals surface area contributed by atoms with Gasteiger partial charge in [-0.1, -0.05) is 18.2 Å². The Morgan fingerprint density at radius 2 is 1.96 bits per heavy atom. The second-order valence-electron chi connectivity index (χ2n) is 6.30. The van der Waals surface area contributed by atoms with Gasteiger partial charge < -0.3 is 10.1 Å². The first-order valence-corrected chi connectivity index (χ1v) is 8.61. The van der Waals surface area contributed by atoms with Gasteiger partial charge in [0.15, 0.2) is 6.04 Å². The summed E-state index contributed by atoms with van der Waals surface area (Å²) in [6, 6.07) is 8.88. The quantitative estimate of drug-likeness (QED) is 0.820. The molecule has 0 radical (unpaired) electrons. The lowest BCUT2D eigenvalue weighted by Gasteiger charge is -2.18. The molecule has 6 nitrogen and oxygen atoms in total. The fraction of sp³-hybridized carbons (Fsp3) is 0.421. The first kappa shape index (κ1) is 17.2. The van der Waals surface area contributed by atoms with Gasteiger partial charge in [-0.2, -0.15) is 5.10 Å². The summed E-state index contributed by atoms with van der Waals surface area (Å²) >= 11 is 0. The number of nitrogens with one attached hydrogen (secondary N) is 1. The number of aromatic nitrogens is 2. The number of rotatable bonds is 6. The molecule has 0 aliphatic heterocycles. The summed E-state index contributed by atoms with van der Waals surface area (Å²) in [6.07, 6.45) is 1.76. The molecule has 0 unspecified atom stereocenters. The average molecular weight is 341 g/mol. The summed E-state index contributed by atoms with van der Waals surface area (Å²) in [5, 5.41) is 7.43. The molecule has 132 valence electrons. The van der Waals surface area contributed by atoms with E-state index in [-0.39, 0.29) is 18.4 Å². The van der Waals surface area contributed by atoms with E-state index >= 15 is 0 Å². The molecule has 1 aliphatic carbocycles. The van der Waals surface area contributed by atoms with Gasteiger partial charge in [0, 0.05) is 17.2 Å². The van der Waals surface area contributed by atoms with Crippen molar-refractivity contribution in [3.63, 3.8) is 0 Å². The highest BCUT2D eigenvalue weighted by Gasteiger charge is 2.36. The van der Waals surface area contributed by atoms with Crippen molar-refractivity contribution in [1.82, 2.24) is 15.1 Å². The van der Waals surface area contributed by atoms with Gasteiger partial charge in [0.2, 0.25) is 5.91 Å². The van der Waals surface area contributed by atoms with Crippen LogP contribution in [-0.2, 0) is 14.3 Å². The SMILES string of the molecule is CCOC(=O)[C@H](NC(=O)C1CC1)c1c(C)nn(-c2ccccc2)c1C. The van der Waals surface area contributed by atoms with E-state index in [9.17, 15) is 9.59 Å². The summed E-state index contributed by atoms with van der Waals surface area (Å²) in [6.45, 7) is 5.76. The molecule has 3 rings (SSSR count). The lowest BCUT2D eigenvalue weighted by atomic mass is 10.0. The predicted molar refractivity (Wildman–Crippen MR) is 93.3 cm³/mol. The number of benzene rings is 1. The van der Waals surface area contributed by atoms with Gasteiger partial charge in [0.25, 0.3) is 0 Å². The Labute approximate surface area is 147 Å². The first-order valence-electron chi connectivity index (χ1n) is 8.61. The number of ether oxygens (including phenoxy) is 1. The second-order valence-corrected chi connectivity index (χ2v) is 6.30. The number of amides is 1. The van der Waals surface area contributed by atoms with Crippen LogP contribution in [0, 0.1) is 19.8 Å². The number of hydrogen-bond donors (Lipinski definition) is 1. The van der Waals surface area contributed by atoms with Crippen LogP contribution in [0.25, 0.3) is 5.69 Å². The van der Waals surface area contributed by atoms with E-state index in [4.69, 9.17) is 4.74 Å². The van der Waals surface area contributed by atoms with Crippen molar-refractivity contribution in [1.29, 1.82) is 0 Å². The van der Waals surface area contributed by atoms with Crippen LogP contribution in [0.1, 0.15) is 42.8 Å². The summed E-state index contributed by atoms with van der Waals surface area (Å²) < 4.78 is 6.99. The molecule has 1 fully saturated rings. The van der Waals surface area contributed by atoms with Gasteiger partial charge in [0.1, 0.15) is 0 Å². The van der Waals surface area contributed by atoms with Crippen LogP contribution in [0.2, 0.25) is 0 Å². The number of nitrogens with zero attached hydrogens (tertiary/aromatic N) is 2. The predicted octanol–water partition coefficient (Wildman–Crippen LogP) is 2.62. The molecule has 1 amide bonds. The van der Waals surface area contributed by atoms with Crippen LogP contribution >= 0.6 is 0 Å². The van der Waals surface area contributed by atoms with E-state index in [1.54, 1.807) is 11.6 Å². The summed E-state index contributed by atoms with van der Waals surface area (Å²) in [5.41, 5.74) is 3.13. The minimum absolute atomic E-state index is 0.0155. The summed E-state index contributed by atoms with van der Waals surface area (Å²) in [4.78, 5) is 24.7. The van der Waals surface area contributed by atoms with Crippen LogP contribution in [0.3, 0.4) is 0 Å². The highest BCUT2D eigenvalue weighted by atomic mass is 16.5. The van der Waals surface area contributed by atoms with Crippen LogP contribution in [0.5, 0.6) is 0 Å². The van der Waals surface area contributed by atoms with Crippen molar-refractivity contribution in [3.8, 4) is 5.69 Å². The molecule has 0 saturated heterocycles. The van der Waals surface area contributed by atoms with Crippen LogP contribution in [0.15, 0.2) is 30.3 Å². The lowest BCUT2D eigenvalue weighted by molar-refractivity contribution is -0.147. The van der Waals surface area contributed by atoms with Crippen molar-refractivity contribution >= 4 is 11.9 Å². The average Bonchev–Trinajstić information content (AvgIpc) is 3.40. The van der Waals surface area contributed by atoms with E-state index < -0.39 is 12.0 Å². The highest BCUT2D eigenvalue weighted by Crippen LogP contribution is 2.31. The van der Waals surface area contributed by atoms with Gasteiger partial charge in [-0.3, -0.25) is 4.79 Å². The maximum Gasteiger partial charge on any atom is 0.333 e. The number of para-hydroxylation sites is 1. The Balaban J connectivity index is 1.98. The van der Waals surface area contributed by atoms with E-state index in [2.05, 4.69) is 10.4 Å². The second kappa shape index (κ2) is 7.09. The molecule has 1 N–H and O–H groups in total. The fourth-order valence-corrected chi connectivity index (χ4v) is 2.97. The molecule has 1 aromatic heterocycles. The zero-order valence-electron chi connectivity index (χ0n) is 14.8. The number of aryl methyl sites for hydroxylation is 1. The summed E-state index contributed by atoms with van der Waals surface area (Å²) in [7, 11) is 0. The minimum Gasteiger partial charge on any atom is -0.464 e. The number of esters is 1. The number of carbonyl (C=O) groups excluding carboxylic acids is 2. The van der Waals surface area contributed by atoms with E-state index in [1.807, 2.05) is 44.2 Å². The van der Waals surface area contributed by atoms with Gasteiger partial charge >= 0.3 is 5.97 Å². The standard InChI is InChI=1S/C19H23N3O3/c1-4-25-19(24)17(20-18(23)14-10-11-14)16-12(2)21-22(13(16)3)15-8-6-5-7-9-15/h5-9,14,17H,4,10-11H2,1-3H3,(H,20,23)/t17-/m1/s1. The molecule has 1 aromatic carbocycles. The Morgan fingerprint density at radius 3 is 2.56 bits per heavy atom. The normalized spacial score (nSPS) is 14.8. The van der Waals surface area contributed by atoms with Crippen molar-refractivity contribution < 1.29 is 14.3 Å². The third-order valence-corrected chi connectivity index (χ3v) is 4.39. The molecule has 1 atom stereocenters. The minimum atomic E-state index is -0.828. The Bertz CT molecular complexity index is 779. The van der Waals surface area contributed by atoms with Gasteiger partial charge in [-0.25, -0.2) is 9.48 Å². The van der Waals surface area contributed by atoms with E-state index in [0.717, 1.165) is 24.2 Å². The Hall–Kier alpha value is -2.63. The molecule has 25 heavy (non-hydrogen) atoms. The molecular formula is C19H23N3O3. The topological polar surface area (TPSA) is 73.2 Å². The largest absolute Gasteiger partial charge is 0.464 e. The van der Waals surface area contributed by atoms with Crippen molar-refractivity contribution in [3.05, 3.63) is 47.3 Å². The number of carbonyl (C=O) groups is 2. The zero-order chi connectivity index (χ0) is 18.0. The third-order valence-electron chi connectivity index (χ3n) is 4.39. The summed E-state index contributed by atoms with van der Waals surface area (Å²) in [5.74, 6) is -0.527. The van der Waals surface area contributed by atoms with Crippen LogP contribution in [-0.4, -0.2) is 28.3 Å². The van der Waals surface area contributed by atoms with Crippen molar-refractivity contribution in [2.75, 3.05) is 6.61 Å². The molecule has 0 bridgehead atoms. The lowest BCUT2D eigenvalue weighted by Crippen LogP contribution is -2.36. The fourth-order valence-electron chi connectivity index (χ4n) is 2.97. The Morgan fingerprint density at radius 1 is 1.28 bits per heavy atom. The smallest absolute Gasteiger partial charge is 0.333 e. The molecule has 6 heteroatoms. The molecular weight excluding hydrogens is 318 g/mol. The highest BCUT2D eigenvalue weighted by molar-refractivity contribution is 5.88. The first-order chi connectivity index (χ1) is 12.0. The van der Waals surface area contributed by atoms with Crippen molar-refractivity contribution in [2.24, 2.45) is 5.92 Å². The van der Waals surface area contributed by atoms with Crippen LogP contribution < -0.4 is 5.32 Å². The molecule has 1 heterocycles. The maximum absolute atomic E-state index is 12.5. The Kier molecular flexibility index (Phi) is 4.88. The monoisotopic (exact) mass is 341 g/mol. The molecule has 0 spiro atoms. The zero-order valence-corrected chi connectivity index (χ0v) is 14.8. The molecule has 2 aromatic rings. The van der Waals surface area contributed by atoms with Crippen LogP contribution in [0.4, 0.5) is 0 Å². The van der Waals surface area contributed by atoms with E-state index in [1.165, 1.54) is 0 Å². The van der Waals surface area contributed by atoms with Gasteiger partial charge in [-0.05, 0) is 45.7 Å².